The van der Waals surface area contributed by atoms with Gasteiger partial charge in [0.1, 0.15) is 5.82 Å². The summed E-state index contributed by atoms with van der Waals surface area (Å²) < 4.78 is 84.8. The number of nitrogens with zero attached hydrogens (tertiary/aromatic N) is 1. The SMILES string of the molecule is CCS(=O)(=O)Nc1ccc(-c2c(F)c(F)c(-c3ccc(NC(C)C)nc3)c(F)c2F)cc1. The third-order valence-corrected chi connectivity index (χ3v) is 5.89. The Bertz CT molecular complexity index is 1200. The highest BCUT2D eigenvalue weighted by molar-refractivity contribution is 7.92. The molecule has 3 rings (SSSR count). The second-order valence-electron chi connectivity index (χ2n) is 7.32. The van der Waals surface area contributed by atoms with Crippen LogP contribution in [0.2, 0.25) is 0 Å². The monoisotopic (exact) mass is 467 g/mol. The highest BCUT2D eigenvalue weighted by atomic mass is 32.2. The Morgan fingerprint density at radius 3 is 1.78 bits per heavy atom. The van der Waals surface area contributed by atoms with Crippen molar-refractivity contribution in [1.82, 2.24) is 4.98 Å². The van der Waals surface area contributed by atoms with Gasteiger partial charge in [-0.3, -0.25) is 4.72 Å². The lowest BCUT2D eigenvalue weighted by Gasteiger charge is -2.14. The molecule has 0 saturated carbocycles. The summed E-state index contributed by atoms with van der Waals surface area (Å²) >= 11 is 0. The molecule has 170 valence electrons. The Labute approximate surface area is 183 Å². The number of aromatic nitrogens is 1. The zero-order chi connectivity index (χ0) is 23.6. The fourth-order valence-corrected chi connectivity index (χ4v) is 3.66. The standard InChI is InChI=1S/C22H21F4N3O2S/c1-4-32(30,31)29-15-8-5-13(6-9-15)17-19(23)21(25)18(22(26)20(17)24)14-7-10-16(27-11-14)28-12(2)3/h5-12,29H,4H2,1-3H3,(H,27,28). The number of pyridine rings is 1. The molecule has 1 aromatic heterocycles. The second-order valence-corrected chi connectivity index (χ2v) is 9.33. The van der Waals surface area contributed by atoms with E-state index < -0.39 is 44.4 Å². The summed E-state index contributed by atoms with van der Waals surface area (Å²) in [5.74, 6) is -5.96. The molecule has 0 amide bonds. The van der Waals surface area contributed by atoms with E-state index in [9.17, 15) is 26.0 Å². The smallest absolute Gasteiger partial charge is 0.232 e. The quantitative estimate of drug-likeness (QED) is 0.353. The van der Waals surface area contributed by atoms with Crippen molar-refractivity contribution < 1.29 is 26.0 Å². The first-order valence-electron chi connectivity index (χ1n) is 9.74. The third kappa shape index (κ3) is 4.85. The van der Waals surface area contributed by atoms with Gasteiger partial charge in [0.25, 0.3) is 0 Å². The van der Waals surface area contributed by atoms with Gasteiger partial charge in [-0.25, -0.2) is 31.0 Å². The van der Waals surface area contributed by atoms with Crippen LogP contribution in [0.1, 0.15) is 20.8 Å². The Morgan fingerprint density at radius 2 is 1.34 bits per heavy atom. The van der Waals surface area contributed by atoms with Gasteiger partial charge in [0.15, 0.2) is 23.3 Å². The van der Waals surface area contributed by atoms with E-state index in [0.29, 0.717) is 5.82 Å². The Kier molecular flexibility index (Phi) is 6.73. The molecule has 0 fully saturated rings. The van der Waals surface area contributed by atoms with Crippen LogP contribution in [0.15, 0.2) is 42.6 Å². The van der Waals surface area contributed by atoms with Crippen LogP contribution in [0.25, 0.3) is 22.3 Å². The van der Waals surface area contributed by atoms with Crippen molar-refractivity contribution >= 4 is 21.5 Å². The first-order valence-corrected chi connectivity index (χ1v) is 11.4. The van der Waals surface area contributed by atoms with Gasteiger partial charge in [-0.05, 0) is 50.6 Å². The minimum Gasteiger partial charge on any atom is -0.368 e. The zero-order valence-electron chi connectivity index (χ0n) is 17.5. The summed E-state index contributed by atoms with van der Waals surface area (Å²) in [6.45, 7) is 5.20. The number of hydrogen-bond donors (Lipinski definition) is 2. The molecule has 0 aliphatic heterocycles. The van der Waals surface area contributed by atoms with Crippen LogP contribution in [0.3, 0.4) is 0 Å². The van der Waals surface area contributed by atoms with E-state index in [1.165, 1.54) is 43.3 Å². The van der Waals surface area contributed by atoms with Crippen molar-refractivity contribution in [2.45, 2.75) is 26.8 Å². The van der Waals surface area contributed by atoms with Crippen LogP contribution in [-0.2, 0) is 10.0 Å². The molecule has 1 heterocycles. The number of rotatable bonds is 7. The van der Waals surface area contributed by atoms with E-state index in [1.54, 1.807) is 0 Å². The molecule has 10 heteroatoms. The lowest BCUT2D eigenvalue weighted by Crippen LogP contribution is -2.14. The molecule has 0 atom stereocenters. The maximum absolute atomic E-state index is 14.8. The van der Waals surface area contributed by atoms with Crippen LogP contribution in [0.4, 0.5) is 29.1 Å². The Hall–Kier alpha value is -3.14. The fraction of sp³-hybridized carbons (Fsp3) is 0.227. The van der Waals surface area contributed by atoms with Crippen molar-refractivity contribution in [3.05, 3.63) is 65.9 Å². The lowest BCUT2D eigenvalue weighted by molar-refractivity contribution is 0.463. The van der Waals surface area contributed by atoms with Crippen LogP contribution in [0.5, 0.6) is 0 Å². The molecule has 0 spiro atoms. The first-order chi connectivity index (χ1) is 15.0. The van der Waals surface area contributed by atoms with Crippen LogP contribution >= 0.6 is 0 Å². The van der Waals surface area contributed by atoms with Crippen molar-refractivity contribution in [2.24, 2.45) is 0 Å². The predicted molar refractivity (Wildman–Crippen MR) is 117 cm³/mol. The molecule has 2 N–H and O–H groups in total. The summed E-state index contributed by atoms with van der Waals surface area (Å²) in [7, 11) is -3.55. The van der Waals surface area contributed by atoms with E-state index in [2.05, 4.69) is 15.0 Å². The summed E-state index contributed by atoms with van der Waals surface area (Å²) in [5.41, 5.74) is -1.88. The molecule has 5 nitrogen and oxygen atoms in total. The molecule has 0 aliphatic rings. The van der Waals surface area contributed by atoms with Crippen molar-refractivity contribution in [3.8, 4) is 22.3 Å². The summed E-state index contributed by atoms with van der Waals surface area (Å²) in [4.78, 5) is 4.02. The number of sulfonamides is 1. The van der Waals surface area contributed by atoms with Crippen molar-refractivity contribution in [1.29, 1.82) is 0 Å². The van der Waals surface area contributed by atoms with E-state index in [4.69, 9.17) is 0 Å². The number of nitrogens with one attached hydrogen (secondary N) is 2. The molecule has 0 aliphatic carbocycles. The number of anilines is 2. The zero-order valence-corrected chi connectivity index (χ0v) is 18.3. The number of benzene rings is 2. The maximum atomic E-state index is 14.8. The topological polar surface area (TPSA) is 71.1 Å². The van der Waals surface area contributed by atoms with E-state index in [1.807, 2.05) is 13.8 Å². The minimum atomic E-state index is -3.55. The van der Waals surface area contributed by atoms with E-state index in [0.717, 1.165) is 6.20 Å². The molecule has 0 saturated heterocycles. The normalized spacial score (nSPS) is 11.6. The van der Waals surface area contributed by atoms with Gasteiger partial charge >= 0.3 is 0 Å². The average molecular weight is 467 g/mol. The van der Waals surface area contributed by atoms with Gasteiger partial charge in [-0.1, -0.05) is 12.1 Å². The van der Waals surface area contributed by atoms with E-state index >= 15 is 0 Å². The van der Waals surface area contributed by atoms with E-state index in [-0.39, 0.29) is 28.6 Å². The molecule has 3 aromatic rings. The average Bonchev–Trinajstić information content (AvgIpc) is 2.74. The number of halogens is 4. The van der Waals surface area contributed by atoms with Crippen molar-refractivity contribution in [2.75, 3.05) is 15.8 Å². The van der Waals surface area contributed by atoms with Crippen molar-refractivity contribution in [3.63, 3.8) is 0 Å². The summed E-state index contributed by atoms with van der Waals surface area (Å²) in [6.07, 6.45) is 1.12. The minimum absolute atomic E-state index is 0.0691. The summed E-state index contributed by atoms with van der Waals surface area (Å²) in [5, 5.41) is 3.00. The van der Waals surface area contributed by atoms with Gasteiger partial charge < -0.3 is 5.32 Å². The van der Waals surface area contributed by atoms with Crippen LogP contribution in [0, 0.1) is 23.3 Å². The highest BCUT2D eigenvalue weighted by Gasteiger charge is 2.27. The van der Waals surface area contributed by atoms with Crippen LogP contribution < -0.4 is 10.0 Å². The van der Waals surface area contributed by atoms with Gasteiger partial charge in [0, 0.05) is 23.5 Å². The molecular formula is C22H21F4N3O2S. The maximum Gasteiger partial charge on any atom is 0.232 e. The molecular weight excluding hydrogens is 446 g/mol. The molecule has 0 bridgehead atoms. The van der Waals surface area contributed by atoms with Gasteiger partial charge in [-0.2, -0.15) is 0 Å². The van der Waals surface area contributed by atoms with Gasteiger partial charge in [0.2, 0.25) is 10.0 Å². The Balaban J connectivity index is 2.02. The number of hydrogen-bond acceptors (Lipinski definition) is 4. The van der Waals surface area contributed by atoms with Gasteiger partial charge in [-0.15, -0.1) is 0 Å². The largest absolute Gasteiger partial charge is 0.368 e. The summed E-state index contributed by atoms with van der Waals surface area (Å²) in [6, 6.07) is 7.66. The molecule has 32 heavy (non-hydrogen) atoms. The molecule has 0 unspecified atom stereocenters. The molecule has 0 radical (unpaired) electrons. The second kappa shape index (κ2) is 9.15. The third-order valence-electron chi connectivity index (χ3n) is 4.58. The Morgan fingerprint density at radius 1 is 0.844 bits per heavy atom. The molecule has 2 aromatic carbocycles. The predicted octanol–water partition coefficient (Wildman–Crippen LogP) is 5.55. The highest BCUT2D eigenvalue weighted by Crippen LogP contribution is 2.37. The fourth-order valence-electron chi connectivity index (χ4n) is 3.02. The first kappa shape index (κ1) is 23.5. The lowest BCUT2D eigenvalue weighted by atomic mass is 9.98. The van der Waals surface area contributed by atoms with Crippen LogP contribution in [-0.4, -0.2) is 25.2 Å². The van der Waals surface area contributed by atoms with Gasteiger partial charge in [0.05, 0.1) is 16.9 Å².